The van der Waals surface area contributed by atoms with Crippen molar-refractivity contribution in [3.63, 3.8) is 0 Å². The topological polar surface area (TPSA) is 109 Å². The van der Waals surface area contributed by atoms with Gasteiger partial charge in [0.1, 0.15) is 11.6 Å². The molecule has 1 atom stereocenters. The summed E-state index contributed by atoms with van der Waals surface area (Å²) in [6.07, 6.45) is 7.10. The van der Waals surface area contributed by atoms with Crippen molar-refractivity contribution in [2.45, 2.75) is 65.1 Å². The summed E-state index contributed by atoms with van der Waals surface area (Å²) in [5.74, 6) is 0.320. The molecule has 1 saturated heterocycles. The van der Waals surface area contributed by atoms with Crippen LogP contribution in [0.25, 0.3) is 11.0 Å². The number of hydrogen-bond donors (Lipinski definition) is 3. The molecule has 1 aromatic carbocycles. The molecule has 176 valence electrons. The largest absolute Gasteiger partial charge is 0.480 e. The van der Waals surface area contributed by atoms with Crippen LogP contribution in [0.4, 0.5) is 11.8 Å². The van der Waals surface area contributed by atoms with E-state index in [4.69, 9.17) is 5.73 Å². The van der Waals surface area contributed by atoms with Gasteiger partial charge in [-0.25, -0.2) is 4.98 Å². The number of aryl methyl sites for hydroxylation is 1. The van der Waals surface area contributed by atoms with Crippen molar-refractivity contribution in [3.8, 4) is 0 Å². The van der Waals surface area contributed by atoms with Gasteiger partial charge in [0, 0.05) is 25.8 Å². The van der Waals surface area contributed by atoms with E-state index in [-0.39, 0.29) is 12.0 Å². The Morgan fingerprint density at radius 2 is 2.09 bits per heavy atom. The van der Waals surface area contributed by atoms with Crippen LogP contribution in [0.2, 0.25) is 0 Å². The molecule has 0 spiro atoms. The normalized spacial score (nSPS) is 16.5. The number of likely N-dealkylation sites (tertiary alicyclic amines) is 1. The Morgan fingerprint density at radius 3 is 2.88 bits per heavy atom. The van der Waals surface area contributed by atoms with Gasteiger partial charge in [0.2, 0.25) is 5.95 Å². The van der Waals surface area contributed by atoms with Crippen molar-refractivity contribution in [3.05, 3.63) is 47.2 Å². The first-order chi connectivity index (χ1) is 16.0. The van der Waals surface area contributed by atoms with Crippen LogP contribution in [0.5, 0.6) is 0 Å². The molecule has 0 unspecified atom stereocenters. The summed E-state index contributed by atoms with van der Waals surface area (Å²) in [6, 6.07) is 8.03. The number of nitrogen functional groups attached to an aromatic ring is 1. The fourth-order valence-electron chi connectivity index (χ4n) is 4.67. The molecule has 1 fully saturated rings. The predicted molar refractivity (Wildman–Crippen MR) is 131 cm³/mol. The van der Waals surface area contributed by atoms with E-state index in [9.17, 15) is 9.90 Å². The van der Waals surface area contributed by atoms with E-state index in [0.29, 0.717) is 13.1 Å². The third-order valence-electron chi connectivity index (χ3n) is 6.49. The molecular weight excluding hydrogens is 416 g/mol. The lowest BCUT2D eigenvalue weighted by Crippen LogP contribution is -2.35. The summed E-state index contributed by atoms with van der Waals surface area (Å²) < 4.78 is 2.17. The zero-order chi connectivity index (χ0) is 23.4. The van der Waals surface area contributed by atoms with E-state index >= 15 is 0 Å². The average Bonchev–Trinajstić information content (AvgIpc) is 3.40. The fourth-order valence-corrected chi connectivity index (χ4v) is 4.67. The SMILES string of the molecule is CCCCCNc1nc(N)nc2ccn(Cc3cc(CN4CCC[C@@H]4C(=O)O)ccc3C)c12. The van der Waals surface area contributed by atoms with E-state index in [2.05, 4.69) is 56.8 Å². The van der Waals surface area contributed by atoms with Crippen LogP contribution in [0, 0.1) is 6.92 Å². The third-order valence-corrected chi connectivity index (χ3v) is 6.49. The number of anilines is 2. The minimum Gasteiger partial charge on any atom is -0.480 e. The van der Waals surface area contributed by atoms with Gasteiger partial charge in [-0.1, -0.05) is 38.0 Å². The van der Waals surface area contributed by atoms with Gasteiger partial charge in [0.25, 0.3) is 0 Å². The number of carbonyl (C=O) groups is 1. The highest BCUT2D eigenvalue weighted by Gasteiger charge is 2.30. The number of nitrogens with zero attached hydrogens (tertiary/aromatic N) is 4. The quantitative estimate of drug-likeness (QED) is 0.400. The summed E-state index contributed by atoms with van der Waals surface area (Å²) in [5, 5.41) is 12.9. The Labute approximate surface area is 194 Å². The second-order valence-corrected chi connectivity index (χ2v) is 8.97. The maximum atomic E-state index is 11.6. The van der Waals surface area contributed by atoms with Gasteiger partial charge in [-0.3, -0.25) is 9.69 Å². The number of benzene rings is 1. The van der Waals surface area contributed by atoms with Gasteiger partial charge in [0.05, 0.1) is 5.52 Å². The van der Waals surface area contributed by atoms with E-state index in [1.54, 1.807) is 0 Å². The third kappa shape index (κ3) is 5.27. The highest BCUT2D eigenvalue weighted by Crippen LogP contribution is 2.26. The van der Waals surface area contributed by atoms with E-state index in [1.165, 1.54) is 24.0 Å². The molecule has 0 amide bonds. The molecule has 1 aliphatic rings. The summed E-state index contributed by atoms with van der Waals surface area (Å²) >= 11 is 0. The van der Waals surface area contributed by atoms with Crippen LogP contribution < -0.4 is 11.1 Å². The van der Waals surface area contributed by atoms with Gasteiger partial charge >= 0.3 is 5.97 Å². The number of rotatable bonds is 10. The van der Waals surface area contributed by atoms with E-state index in [1.807, 2.05) is 12.3 Å². The number of aromatic nitrogens is 3. The maximum Gasteiger partial charge on any atom is 0.320 e. The number of unbranched alkanes of at least 4 members (excludes halogenated alkanes) is 2. The zero-order valence-electron chi connectivity index (χ0n) is 19.5. The summed E-state index contributed by atoms with van der Waals surface area (Å²) in [5.41, 5.74) is 11.3. The van der Waals surface area contributed by atoms with Crippen molar-refractivity contribution < 1.29 is 9.90 Å². The summed E-state index contributed by atoms with van der Waals surface area (Å²) in [4.78, 5) is 22.5. The second-order valence-electron chi connectivity index (χ2n) is 8.97. The molecule has 2 aromatic heterocycles. The van der Waals surface area contributed by atoms with Crippen LogP contribution in [-0.2, 0) is 17.9 Å². The molecular formula is C25H34N6O2. The van der Waals surface area contributed by atoms with Crippen LogP contribution in [-0.4, -0.2) is 49.6 Å². The van der Waals surface area contributed by atoms with Crippen molar-refractivity contribution in [2.24, 2.45) is 0 Å². The monoisotopic (exact) mass is 450 g/mol. The van der Waals surface area contributed by atoms with Crippen molar-refractivity contribution in [1.82, 2.24) is 19.4 Å². The molecule has 4 N–H and O–H groups in total. The molecule has 8 heteroatoms. The lowest BCUT2D eigenvalue weighted by molar-refractivity contribution is -0.142. The number of hydrogen-bond acceptors (Lipinski definition) is 6. The Bertz CT molecular complexity index is 1130. The van der Waals surface area contributed by atoms with Gasteiger partial charge in [-0.05, 0) is 55.5 Å². The predicted octanol–water partition coefficient (Wildman–Crippen LogP) is 4.02. The first-order valence-electron chi connectivity index (χ1n) is 11.9. The van der Waals surface area contributed by atoms with Crippen molar-refractivity contribution in [1.29, 1.82) is 0 Å². The Morgan fingerprint density at radius 1 is 1.24 bits per heavy atom. The first-order valence-corrected chi connectivity index (χ1v) is 11.9. The molecule has 4 rings (SSSR count). The molecule has 0 bridgehead atoms. The number of fused-ring (bicyclic) bond motifs is 1. The Kier molecular flexibility index (Phi) is 7.13. The standard InChI is InChI=1S/C25H34N6O2/c1-3-4-5-11-27-23-22-20(28-25(26)29-23)10-13-31(22)16-19-14-18(9-8-17(19)2)15-30-12-6-7-21(30)24(32)33/h8-10,13-14,21H,3-7,11-12,15-16H2,1-2H3,(H,32,33)(H3,26,27,28,29)/t21-/m1/s1. The van der Waals surface area contributed by atoms with E-state index in [0.717, 1.165) is 54.8 Å². The molecule has 0 radical (unpaired) electrons. The number of nitrogens with one attached hydrogen (secondary N) is 1. The molecule has 3 heterocycles. The van der Waals surface area contributed by atoms with Crippen LogP contribution in [0.3, 0.4) is 0 Å². The fraction of sp³-hybridized carbons (Fsp3) is 0.480. The number of carboxylic acids is 1. The van der Waals surface area contributed by atoms with Gasteiger partial charge < -0.3 is 20.7 Å². The first kappa shape index (κ1) is 23.0. The van der Waals surface area contributed by atoms with Gasteiger partial charge in [0.15, 0.2) is 5.82 Å². The average molecular weight is 451 g/mol. The smallest absolute Gasteiger partial charge is 0.320 e. The lowest BCUT2D eigenvalue weighted by atomic mass is 10.0. The zero-order valence-corrected chi connectivity index (χ0v) is 19.5. The van der Waals surface area contributed by atoms with Crippen LogP contribution in [0.15, 0.2) is 30.5 Å². The van der Waals surface area contributed by atoms with Gasteiger partial charge in [-0.15, -0.1) is 0 Å². The molecule has 33 heavy (non-hydrogen) atoms. The van der Waals surface area contributed by atoms with E-state index < -0.39 is 5.97 Å². The minimum absolute atomic E-state index is 0.273. The second kappa shape index (κ2) is 10.2. The maximum absolute atomic E-state index is 11.6. The lowest BCUT2D eigenvalue weighted by Gasteiger charge is -2.22. The Balaban J connectivity index is 1.58. The number of carboxylic acid groups (broad SMARTS) is 1. The van der Waals surface area contributed by atoms with Crippen LogP contribution >= 0.6 is 0 Å². The van der Waals surface area contributed by atoms with Gasteiger partial charge in [-0.2, -0.15) is 4.98 Å². The Hall–Kier alpha value is -3.13. The van der Waals surface area contributed by atoms with Crippen LogP contribution in [0.1, 0.15) is 55.7 Å². The minimum atomic E-state index is -0.725. The van der Waals surface area contributed by atoms with Crippen molar-refractivity contribution in [2.75, 3.05) is 24.1 Å². The highest BCUT2D eigenvalue weighted by molar-refractivity contribution is 5.87. The molecule has 0 aliphatic carbocycles. The number of nitrogens with two attached hydrogens (primary N) is 1. The van der Waals surface area contributed by atoms with Crippen molar-refractivity contribution >= 4 is 28.8 Å². The summed E-state index contributed by atoms with van der Waals surface area (Å²) in [7, 11) is 0. The molecule has 8 nitrogen and oxygen atoms in total. The number of aliphatic carboxylic acids is 1. The molecule has 3 aromatic rings. The highest BCUT2D eigenvalue weighted by atomic mass is 16.4. The molecule has 0 saturated carbocycles. The summed E-state index contributed by atoms with van der Waals surface area (Å²) in [6.45, 7) is 7.31. The molecule has 1 aliphatic heterocycles.